The summed E-state index contributed by atoms with van der Waals surface area (Å²) in [5.41, 5.74) is 1.13. The van der Waals surface area contributed by atoms with E-state index < -0.39 is 0 Å². The molecule has 1 aromatic carbocycles. The second kappa shape index (κ2) is 4.88. The third-order valence-corrected chi connectivity index (χ3v) is 3.55. The third kappa shape index (κ3) is 2.20. The van der Waals surface area contributed by atoms with Gasteiger partial charge >= 0.3 is 0 Å². The standard InChI is InChI=1S/C14H19NO2/c1-9(2)12-13(10-6-4-3-5-7-10)11(8-16)15-14(12)17/h3-7,9,11-13,16H,8H2,1-2H3,(H,15,17)/t11-,12-,13+/m1/s1. The molecule has 1 amide bonds. The van der Waals surface area contributed by atoms with Gasteiger partial charge in [0.05, 0.1) is 12.6 Å². The number of carbonyl (C=O) groups excluding carboxylic acids is 1. The van der Waals surface area contributed by atoms with Crippen LogP contribution in [0.1, 0.15) is 25.3 Å². The Morgan fingerprint density at radius 2 is 1.94 bits per heavy atom. The second-order valence-electron chi connectivity index (χ2n) is 5.00. The molecule has 3 heteroatoms. The highest BCUT2D eigenvalue weighted by Gasteiger charge is 2.43. The summed E-state index contributed by atoms with van der Waals surface area (Å²) < 4.78 is 0. The zero-order valence-electron chi connectivity index (χ0n) is 10.3. The van der Waals surface area contributed by atoms with Gasteiger partial charge in [-0.25, -0.2) is 0 Å². The summed E-state index contributed by atoms with van der Waals surface area (Å²) in [7, 11) is 0. The zero-order valence-corrected chi connectivity index (χ0v) is 10.3. The summed E-state index contributed by atoms with van der Waals surface area (Å²) in [4.78, 5) is 11.9. The van der Waals surface area contributed by atoms with Crippen LogP contribution in [0, 0.1) is 11.8 Å². The Labute approximate surface area is 102 Å². The molecule has 1 aromatic rings. The van der Waals surface area contributed by atoms with Crippen molar-refractivity contribution in [3.63, 3.8) is 0 Å². The van der Waals surface area contributed by atoms with E-state index in [-0.39, 0.29) is 36.3 Å². The molecule has 1 aliphatic heterocycles. The number of carbonyl (C=O) groups is 1. The lowest BCUT2D eigenvalue weighted by atomic mass is 9.78. The topological polar surface area (TPSA) is 49.3 Å². The van der Waals surface area contributed by atoms with Crippen molar-refractivity contribution >= 4 is 5.91 Å². The summed E-state index contributed by atoms with van der Waals surface area (Å²) in [5, 5.41) is 12.3. The molecule has 3 atom stereocenters. The van der Waals surface area contributed by atoms with E-state index in [1.54, 1.807) is 0 Å². The molecule has 1 fully saturated rings. The molecule has 3 nitrogen and oxygen atoms in total. The van der Waals surface area contributed by atoms with Crippen molar-refractivity contribution in [1.29, 1.82) is 0 Å². The van der Waals surface area contributed by atoms with Crippen LogP contribution < -0.4 is 5.32 Å². The Bertz CT molecular complexity index is 388. The maximum atomic E-state index is 11.9. The Kier molecular flexibility index (Phi) is 3.48. The van der Waals surface area contributed by atoms with E-state index in [1.165, 1.54) is 0 Å². The van der Waals surface area contributed by atoms with E-state index in [0.717, 1.165) is 5.56 Å². The van der Waals surface area contributed by atoms with Crippen LogP contribution in [0.25, 0.3) is 0 Å². The first-order chi connectivity index (χ1) is 8.15. The molecule has 0 aromatic heterocycles. The molecule has 1 saturated heterocycles. The monoisotopic (exact) mass is 233 g/mol. The third-order valence-electron chi connectivity index (χ3n) is 3.55. The minimum atomic E-state index is -0.155. The highest BCUT2D eigenvalue weighted by molar-refractivity contribution is 5.83. The minimum absolute atomic E-state index is 0.00544. The number of hydrogen-bond acceptors (Lipinski definition) is 2. The van der Waals surface area contributed by atoms with Gasteiger partial charge in [0.2, 0.25) is 5.91 Å². The van der Waals surface area contributed by atoms with E-state index in [2.05, 4.69) is 19.2 Å². The first-order valence-corrected chi connectivity index (χ1v) is 6.11. The Morgan fingerprint density at radius 1 is 1.29 bits per heavy atom. The van der Waals surface area contributed by atoms with Crippen molar-refractivity contribution < 1.29 is 9.90 Å². The van der Waals surface area contributed by atoms with Gasteiger partial charge in [-0.1, -0.05) is 44.2 Å². The van der Waals surface area contributed by atoms with Crippen LogP contribution in [0.2, 0.25) is 0 Å². The molecular weight excluding hydrogens is 214 g/mol. The van der Waals surface area contributed by atoms with Crippen LogP contribution in [-0.2, 0) is 4.79 Å². The lowest BCUT2D eigenvalue weighted by molar-refractivity contribution is -0.123. The van der Waals surface area contributed by atoms with Crippen molar-refractivity contribution in [2.75, 3.05) is 6.61 Å². The number of nitrogens with one attached hydrogen (secondary N) is 1. The van der Waals surface area contributed by atoms with E-state index in [4.69, 9.17) is 0 Å². The largest absolute Gasteiger partial charge is 0.394 e. The van der Waals surface area contributed by atoms with Crippen molar-refractivity contribution in [2.45, 2.75) is 25.8 Å². The predicted octanol–water partition coefficient (Wildman–Crippen LogP) is 1.53. The number of aliphatic hydroxyl groups is 1. The van der Waals surface area contributed by atoms with E-state index in [1.807, 2.05) is 30.3 Å². The fourth-order valence-electron chi connectivity index (χ4n) is 2.77. The van der Waals surface area contributed by atoms with Gasteiger partial charge in [-0.05, 0) is 11.5 Å². The molecule has 0 saturated carbocycles. The van der Waals surface area contributed by atoms with Gasteiger partial charge in [0.25, 0.3) is 0 Å². The van der Waals surface area contributed by atoms with Crippen LogP contribution in [-0.4, -0.2) is 23.7 Å². The van der Waals surface area contributed by atoms with Crippen LogP contribution >= 0.6 is 0 Å². The van der Waals surface area contributed by atoms with Crippen LogP contribution in [0.4, 0.5) is 0 Å². The molecule has 17 heavy (non-hydrogen) atoms. The first kappa shape index (κ1) is 12.1. The fraction of sp³-hybridized carbons (Fsp3) is 0.500. The number of benzene rings is 1. The van der Waals surface area contributed by atoms with E-state index in [9.17, 15) is 9.90 Å². The van der Waals surface area contributed by atoms with Crippen molar-refractivity contribution in [2.24, 2.45) is 11.8 Å². The van der Waals surface area contributed by atoms with Crippen molar-refractivity contribution in [3.05, 3.63) is 35.9 Å². The quantitative estimate of drug-likeness (QED) is 0.832. The van der Waals surface area contributed by atoms with E-state index in [0.29, 0.717) is 0 Å². The fourth-order valence-corrected chi connectivity index (χ4v) is 2.77. The zero-order chi connectivity index (χ0) is 12.4. The van der Waals surface area contributed by atoms with Crippen molar-refractivity contribution in [1.82, 2.24) is 5.32 Å². The van der Waals surface area contributed by atoms with Gasteiger partial charge in [0.1, 0.15) is 0 Å². The highest BCUT2D eigenvalue weighted by Crippen LogP contribution is 2.37. The molecule has 2 N–H and O–H groups in total. The molecule has 0 spiro atoms. The van der Waals surface area contributed by atoms with Crippen LogP contribution in [0.5, 0.6) is 0 Å². The van der Waals surface area contributed by atoms with Crippen molar-refractivity contribution in [3.8, 4) is 0 Å². The lowest BCUT2D eigenvalue weighted by Crippen LogP contribution is -2.31. The summed E-state index contributed by atoms with van der Waals surface area (Å²) in [6.07, 6.45) is 0. The molecule has 1 aliphatic rings. The lowest BCUT2D eigenvalue weighted by Gasteiger charge is -2.24. The van der Waals surface area contributed by atoms with E-state index >= 15 is 0 Å². The molecule has 92 valence electrons. The van der Waals surface area contributed by atoms with Crippen LogP contribution in [0.15, 0.2) is 30.3 Å². The Morgan fingerprint density at radius 3 is 2.47 bits per heavy atom. The molecule has 0 radical (unpaired) electrons. The summed E-state index contributed by atoms with van der Waals surface area (Å²) >= 11 is 0. The molecule has 1 heterocycles. The molecule has 0 aliphatic carbocycles. The number of amides is 1. The smallest absolute Gasteiger partial charge is 0.224 e. The Balaban J connectivity index is 2.36. The summed E-state index contributed by atoms with van der Waals surface area (Å²) in [5.74, 6) is 0.368. The molecule has 0 unspecified atom stereocenters. The average molecular weight is 233 g/mol. The first-order valence-electron chi connectivity index (χ1n) is 6.11. The van der Waals surface area contributed by atoms with Gasteiger partial charge in [-0.15, -0.1) is 0 Å². The summed E-state index contributed by atoms with van der Waals surface area (Å²) in [6.45, 7) is 4.11. The summed E-state index contributed by atoms with van der Waals surface area (Å²) in [6, 6.07) is 9.82. The molecule has 2 rings (SSSR count). The second-order valence-corrected chi connectivity index (χ2v) is 5.00. The normalized spacial score (nSPS) is 28.5. The minimum Gasteiger partial charge on any atom is -0.394 e. The number of aliphatic hydroxyl groups excluding tert-OH is 1. The average Bonchev–Trinajstić information content (AvgIpc) is 2.67. The molecule has 0 bridgehead atoms. The number of rotatable bonds is 3. The maximum absolute atomic E-state index is 11.9. The van der Waals surface area contributed by atoms with Gasteiger partial charge < -0.3 is 10.4 Å². The predicted molar refractivity (Wildman–Crippen MR) is 66.5 cm³/mol. The van der Waals surface area contributed by atoms with Crippen LogP contribution in [0.3, 0.4) is 0 Å². The maximum Gasteiger partial charge on any atom is 0.224 e. The van der Waals surface area contributed by atoms with Gasteiger partial charge in [0, 0.05) is 11.8 Å². The SMILES string of the molecule is CC(C)[C@H]1C(=O)N[C@H](CO)[C@@H]1c1ccccc1. The van der Waals surface area contributed by atoms with Gasteiger partial charge in [0.15, 0.2) is 0 Å². The highest BCUT2D eigenvalue weighted by atomic mass is 16.3. The van der Waals surface area contributed by atoms with Gasteiger partial charge in [-0.3, -0.25) is 4.79 Å². The Hall–Kier alpha value is -1.35. The molecular formula is C14H19NO2. The van der Waals surface area contributed by atoms with Gasteiger partial charge in [-0.2, -0.15) is 0 Å². The number of hydrogen-bond donors (Lipinski definition) is 2.